The van der Waals surface area contributed by atoms with Crippen molar-refractivity contribution in [3.8, 4) is 0 Å². The van der Waals surface area contributed by atoms with Gasteiger partial charge >= 0.3 is 0 Å². The molecule has 0 radical (unpaired) electrons. The Balaban J connectivity index is 1.63. The van der Waals surface area contributed by atoms with Gasteiger partial charge in [0.25, 0.3) is 0 Å². The molecule has 0 unspecified atom stereocenters. The molecule has 2 aromatic rings. The maximum atomic E-state index is 6.51. The summed E-state index contributed by atoms with van der Waals surface area (Å²) in [6.45, 7) is 17.8. The van der Waals surface area contributed by atoms with Gasteiger partial charge in [-0.05, 0) is 44.5 Å². The van der Waals surface area contributed by atoms with Crippen LogP contribution < -0.4 is 0 Å². The molecule has 166 valence electrons. The molecule has 0 bridgehead atoms. The molecule has 2 fully saturated rings. The normalized spacial score (nSPS) is 28.9. The van der Waals surface area contributed by atoms with E-state index in [1.165, 1.54) is 0 Å². The Bertz CT molecular complexity index is 921. The molecule has 0 spiro atoms. The van der Waals surface area contributed by atoms with Crippen molar-refractivity contribution in [2.45, 2.75) is 96.4 Å². The van der Waals surface area contributed by atoms with Crippen LogP contribution in [0.15, 0.2) is 18.6 Å². The number of aromatic nitrogens is 3. The molecule has 8 heteroatoms. The number of nitrogens with zero attached hydrogens (tertiary/aromatic N) is 3. The predicted octanol–water partition coefficient (Wildman–Crippen LogP) is 4.43. The molecule has 4 rings (SSSR count). The van der Waals surface area contributed by atoms with Crippen molar-refractivity contribution in [2.24, 2.45) is 0 Å². The maximum absolute atomic E-state index is 6.51. The van der Waals surface area contributed by atoms with E-state index in [4.69, 9.17) is 18.6 Å². The average Bonchev–Trinajstić information content (AvgIpc) is 3.29. The maximum Gasteiger partial charge on any atom is 0.192 e. The zero-order valence-electron chi connectivity index (χ0n) is 19.4. The monoisotopic (exact) mass is 433 g/mol. The van der Waals surface area contributed by atoms with E-state index in [-0.39, 0.29) is 29.6 Å². The van der Waals surface area contributed by atoms with Gasteiger partial charge in [0.05, 0.1) is 12.3 Å². The van der Waals surface area contributed by atoms with Crippen LogP contribution >= 0.6 is 0 Å². The van der Waals surface area contributed by atoms with E-state index in [9.17, 15) is 0 Å². The standard InChI is InChI=1S/C22H35N3O4Si/c1-9-15-14-10-11-25(19(14)24-13-23-15)20-18-17(28-22(5,6)29-18)16(27-20)12-26-30(7,8)21(2,3)4/h10-11,13,16-18,20H,9,12H2,1-8H3/t16-,17-,18-,20-/m1/s1. The van der Waals surface area contributed by atoms with Crippen molar-refractivity contribution < 1.29 is 18.6 Å². The highest BCUT2D eigenvalue weighted by Gasteiger charge is 2.56. The molecule has 0 amide bonds. The molecule has 4 atom stereocenters. The summed E-state index contributed by atoms with van der Waals surface area (Å²) in [6.07, 6.45) is 3.59. The SMILES string of the molecule is CCc1ncnc2c1ccn2[C@@H]1O[C@H](CO[Si](C)(C)C(C)(C)C)[C@H]2OC(C)(C)O[C@H]21. The Morgan fingerprint density at radius 3 is 2.53 bits per heavy atom. The Morgan fingerprint density at radius 2 is 1.87 bits per heavy atom. The van der Waals surface area contributed by atoms with Gasteiger partial charge in [-0.2, -0.15) is 0 Å². The van der Waals surface area contributed by atoms with Gasteiger partial charge in [0.2, 0.25) is 0 Å². The smallest absolute Gasteiger partial charge is 0.192 e. The summed E-state index contributed by atoms with van der Waals surface area (Å²) in [7, 11) is -1.90. The zero-order valence-corrected chi connectivity index (χ0v) is 20.4. The van der Waals surface area contributed by atoms with Crippen LogP contribution in [0.5, 0.6) is 0 Å². The van der Waals surface area contributed by atoms with Crippen molar-refractivity contribution in [3.63, 3.8) is 0 Å². The molecule has 2 aromatic heterocycles. The number of rotatable bonds is 5. The lowest BCUT2D eigenvalue weighted by molar-refractivity contribution is -0.199. The molecule has 0 aromatic carbocycles. The Kier molecular flexibility index (Phi) is 5.38. The predicted molar refractivity (Wildman–Crippen MR) is 118 cm³/mol. The molecule has 30 heavy (non-hydrogen) atoms. The molecule has 0 N–H and O–H groups in total. The second kappa shape index (κ2) is 7.38. The molecule has 0 aliphatic carbocycles. The van der Waals surface area contributed by atoms with Gasteiger partial charge in [-0.1, -0.05) is 27.7 Å². The van der Waals surface area contributed by atoms with Crippen LogP contribution in [-0.2, 0) is 25.1 Å². The summed E-state index contributed by atoms with van der Waals surface area (Å²) in [5, 5.41) is 1.19. The first-order chi connectivity index (χ1) is 13.9. The summed E-state index contributed by atoms with van der Waals surface area (Å²) in [5.74, 6) is -0.654. The van der Waals surface area contributed by atoms with Crippen LogP contribution in [-0.4, -0.2) is 53.6 Å². The van der Waals surface area contributed by atoms with Gasteiger partial charge in [0, 0.05) is 11.6 Å². The lowest BCUT2D eigenvalue weighted by Crippen LogP contribution is -2.44. The number of aryl methyl sites for hydroxylation is 1. The van der Waals surface area contributed by atoms with E-state index in [0.717, 1.165) is 23.1 Å². The Morgan fingerprint density at radius 1 is 1.17 bits per heavy atom. The van der Waals surface area contributed by atoms with Gasteiger partial charge in [0.15, 0.2) is 20.3 Å². The molecule has 2 aliphatic heterocycles. The molecule has 7 nitrogen and oxygen atoms in total. The summed E-state index contributed by atoms with van der Waals surface area (Å²) in [4.78, 5) is 8.95. The first-order valence-electron chi connectivity index (χ1n) is 10.9. The van der Waals surface area contributed by atoms with Gasteiger partial charge in [-0.3, -0.25) is 0 Å². The number of ether oxygens (including phenoxy) is 3. The molecule has 2 saturated heterocycles. The van der Waals surface area contributed by atoms with Crippen molar-refractivity contribution in [2.75, 3.05) is 6.61 Å². The number of hydrogen-bond donors (Lipinski definition) is 0. The van der Waals surface area contributed by atoms with E-state index in [1.54, 1.807) is 6.33 Å². The number of hydrogen-bond acceptors (Lipinski definition) is 6. The fourth-order valence-corrected chi connectivity index (χ4v) is 5.05. The van der Waals surface area contributed by atoms with Crippen molar-refractivity contribution >= 4 is 19.4 Å². The van der Waals surface area contributed by atoms with Crippen LogP contribution in [0.25, 0.3) is 11.0 Å². The largest absolute Gasteiger partial charge is 0.414 e. The van der Waals surface area contributed by atoms with Crippen LogP contribution in [0.3, 0.4) is 0 Å². The summed E-state index contributed by atoms with van der Waals surface area (Å²) in [5.41, 5.74) is 1.90. The molecule has 2 aliphatic rings. The zero-order chi connectivity index (χ0) is 21.9. The van der Waals surface area contributed by atoms with Gasteiger partial charge in [-0.25, -0.2) is 9.97 Å². The highest BCUT2D eigenvalue weighted by atomic mass is 28.4. The summed E-state index contributed by atoms with van der Waals surface area (Å²) < 4.78 is 27.6. The lowest BCUT2D eigenvalue weighted by atomic mass is 10.1. The average molecular weight is 434 g/mol. The van der Waals surface area contributed by atoms with Gasteiger partial charge in [-0.15, -0.1) is 0 Å². The molecular formula is C22H35N3O4Si. The van der Waals surface area contributed by atoms with Crippen molar-refractivity contribution in [1.29, 1.82) is 0 Å². The fraction of sp³-hybridized carbons (Fsp3) is 0.727. The van der Waals surface area contributed by atoms with Crippen molar-refractivity contribution in [1.82, 2.24) is 14.5 Å². The molecule has 4 heterocycles. The van der Waals surface area contributed by atoms with Crippen molar-refractivity contribution in [3.05, 3.63) is 24.3 Å². The van der Waals surface area contributed by atoms with Crippen LogP contribution in [0, 0.1) is 0 Å². The molecular weight excluding hydrogens is 398 g/mol. The van der Waals surface area contributed by atoms with E-state index in [2.05, 4.69) is 61.4 Å². The molecule has 0 saturated carbocycles. The summed E-state index contributed by atoms with van der Waals surface area (Å²) >= 11 is 0. The number of fused-ring (bicyclic) bond motifs is 2. The fourth-order valence-electron chi connectivity index (χ4n) is 4.03. The second-order valence-electron chi connectivity index (χ2n) is 10.3. The van der Waals surface area contributed by atoms with Crippen LogP contribution in [0.1, 0.15) is 53.5 Å². The van der Waals surface area contributed by atoms with E-state index in [0.29, 0.717) is 6.61 Å². The summed E-state index contributed by atoms with van der Waals surface area (Å²) in [6, 6.07) is 2.06. The minimum absolute atomic E-state index is 0.140. The minimum atomic E-state index is -1.90. The van der Waals surface area contributed by atoms with Gasteiger partial charge in [0.1, 0.15) is 30.3 Å². The van der Waals surface area contributed by atoms with Crippen LogP contribution in [0.4, 0.5) is 0 Å². The second-order valence-corrected chi connectivity index (χ2v) is 15.1. The lowest BCUT2D eigenvalue weighted by Gasteiger charge is -2.37. The van der Waals surface area contributed by atoms with E-state index < -0.39 is 14.1 Å². The highest BCUT2D eigenvalue weighted by molar-refractivity contribution is 6.74. The topological polar surface area (TPSA) is 67.6 Å². The Hall–Kier alpha value is -1.32. The Labute approximate surface area is 180 Å². The third kappa shape index (κ3) is 3.73. The first kappa shape index (κ1) is 21.9. The highest BCUT2D eigenvalue weighted by Crippen LogP contribution is 2.45. The third-order valence-electron chi connectivity index (χ3n) is 6.74. The van der Waals surface area contributed by atoms with E-state index >= 15 is 0 Å². The minimum Gasteiger partial charge on any atom is -0.414 e. The quantitative estimate of drug-likeness (QED) is 0.650. The third-order valence-corrected chi connectivity index (χ3v) is 11.2. The van der Waals surface area contributed by atoms with Gasteiger partial charge < -0.3 is 23.2 Å². The van der Waals surface area contributed by atoms with Crippen LogP contribution in [0.2, 0.25) is 18.1 Å². The first-order valence-corrected chi connectivity index (χ1v) is 13.8. The van der Waals surface area contributed by atoms with E-state index in [1.807, 2.05) is 20.0 Å².